The van der Waals surface area contributed by atoms with Gasteiger partial charge in [0.1, 0.15) is 11.6 Å². The second-order valence-electron chi connectivity index (χ2n) is 9.30. The molecule has 0 aliphatic carbocycles. The monoisotopic (exact) mass is 519 g/mol. The summed E-state index contributed by atoms with van der Waals surface area (Å²) in [5, 5.41) is 3.19. The van der Waals surface area contributed by atoms with Gasteiger partial charge in [-0.05, 0) is 49.2 Å². The van der Waals surface area contributed by atoms with Crippen molar-refractivity contribution in [1.29, 1.82) is 0 Å². The van der Waals surface area contributed by atoms with Crippen LogP contribution >= 0.6 is 0 Å². The van der Waals surface area contributed by atoms with Crippen LogP contribution in [-0.2, 0) is 4.74 Å². The van der Waals surface area contributed by atoms with E-state index in [1.807, 2.05) is 9.80 Å². The van der Waals surface area contributed by atoms with Gasteiger partial charge in [0, 0.05) is 43.5 Å². The fourth-order valence-electron chi connectivity index (χ4n) is 4.91. The molecule has 2 fully saturated rings. The maximum Gasteiger partial charge on any atom is 0.296 e. The van der Waals surface area contributed by atoms with E-state index in [1.54, 1.807) is 54.6 Å². The zero-order valence-corrected chi connectivity index (χ0v) is 20.7. The van der Waals surface area contributed by atoms with Crippen LogP contribution < -0.4 is 10.2 Å². The van der Waals surface area contributed by atoms with Crippen LogP contribution in [-0.4, -0.2) is 69.7 Å². The first-order valence-corrected chi connectivity index (χ1v) is 12.7. The van der Waals surface area contributed by atoms with E-state index in [0.29, 0.717) is 54.4 Å². The van der Waals surface area contributed by atoms with Crippen LogP contribution in [0.15, 0.2) is 54.6 Å². The summed E-state index contributed by atoms with van der Waals surface area (Å²) in [6.45, 7) is 3.90. The Kier molecular flexibility index (Phi) is 6.59. The molecule has 0 spiro atoms. The summed E-state index contributed by atoms with van der Waals surface area (Å²) in [6, 6.07) is 15.8. The minimum Gasteiger partial charge on any atom is -0.378 e. The van der Waals surface area contributed by atoms with Gasteiger partial charge < -0.3 is 19.9 Å². The third-order valence-electron chi connectivity index (χ3n) is 6.83. The largest absolute Gasteiger partial charge is 0.378 e. The molecule has 0 radical (unpaired) electrons. The standard InChI is InChI=1S/C27H27F2N7O2/c28-24(29)25-31-20-5-1-2-6-21(20)36(25)23-17-22(34-13-15-38-16-14-34)32-27(33-23)30-19-9-7-18(8-10-19)26(37)35-11-3-4-12-35/h1-2,5-10,17,24H,3-4,11-16H2,(H,30,32,33). The lowest BCUT2D eigenvalue weighted by molar-refractivity contribution is 0.0793. The number of amides is 1. The number of ether oxygens (including phenoxy) is 1. The molecule has 0 saturated carbocycles. The molecule has 2 aliphatic heterocycles. The van der Waals surface area contributed by atoms with Crippen LogP contribution in [0.1, 0.15) is 35.4 Å². The van der Waals surface area contributed by atoms with E-state index < -0.39 is 6.43 Å². The number of rotatable bonds is 6. The molecule has 2 saturated heterocycles. The number of hydrogen-bond acceptors (Lipinski definition) is 7. The number of halogens is 2. The fourth-order valence-corrected chi connectivity index (χ4v) is 4.91. The summed E-state index contributed by atoms with van der Waals surface area (Å²) in [6.07, 6.45) is -0.727. The Balaban J connectivity index is 1.37. The van der Waals surface area contributed by atoms with Gasteiger partial charge >= 0.3 is 0 Å². The molecular weight excluding hydrogens is 492 g/mol. The number of aromatic nitrogens is 4. The average Bonchev–Trinajstić information content (AvgIpc) is 3.62. The Labute approximate surface area is 218 Å². The van der Waals surface area contributed by atoms with E-state index in [4.69, 9.17) is 4.74 Å². The number of likely N-dealkylation sites (tertiary alicyclic amines) is 1. The van der Waals surface area contributed by atoms with E-state index in [-0.39, 0.29) is 23.5 Å². The molecule has 0 atom stereocenters. The van der Waals surface area contributed by atoms with E-state index in [9.17, 15) is 13.6 Å². The van der Waals surface area contributed by atoms with Crippen molar-refractivity contribution in [3.63, 3.8) is 0 Å². The van der Waals surface area contributed by atoms with Crippen molar-refractivity contribution >= 4 is 34.4 Å². The Hall–Kier alpha value is -4.12. The lowest BCUT2D eigenvalue weighted by Gasteiger charge is -2.28. The highest BCUT2D eigenvalue weighted by Gasteiger charge is 2.24. The number of imidazole rings is 1. The van der Waals surface area contributed by atoms with Crippen molar-refractivity contribution in [2.75, 3.05) is 49.6 Å². The number of carbonyl (C=O) groups is 1. The SMILES string of the molecule is O=C(c1ccc(Nc2nc(N3CCOCC3)cc(-n3c(C(F)F)nc4ccccc43)n2)cc1)N1CCCC1. The molecule has 2 aromatic heterocycles. The maximum absolute atomic E-state index is 14.1. The van der Waals surface area contributed by atoms with Crippen LogP contribution in [0.4, 0.5) is 26.2 Å². The second-order valence-corrected chi connectivity index (χ2v) is 9.30. The van der Waals surface area contributed by atoms with Crippen molar-refractivity contribution in [3.05, 3.63) is 66.0 Å². The zero-order valence-electron chi connectivity index (χ0n) is 20.7. The van der Waals surface area contributed by atoms with Crippen molar-refractivity contribution in [2.24, 2.45) is 0 Å². The van der Waals surface area contributed by atoms with Crippen LogP contribution in [0.2, 0.25) is 0 Å². The predicted octanol–water partition coefficient (Wildman–Crippen LogP) is 4.57. The number of anilines is 3. The number of carbonyl (C=O) groups excluding carboxylic acids is 1. The number of benzene rings is 2. The Morgan fingerprint density at radius 2 is 1.61 bits per heavy atom. The predicted molar refractivity (Wildman–Crippen MR) is 140 cm³/mol. The molecule has 1 N–H and O–H groups in total. The summed E-state index contributed by atoms with van der Waals surface area (Å²) in [7, 11) is 0. The Morgan fingerprint density at radius 1 is 0.895 bits per heavy atom. The maximum atomic E-state index is 14.1. The van der Waals surface area contributed by atoms with Crippen LogP contribution in [0, 0.1) is 0 Å². The Bertz CT molecular complexity index is 1450. The molecule has 38 heavy (non-hydrogen) atoms. The molecule has 196 valence electrons. The number of hydrogen-bond donors (Lipinski definition) is 1. The molecule has 1 amide bonds. The quantitative estimate of drug-likeness (QED) is 0.399. The van der Waals surface area contributed by atoms with Crippen LogP contribution in [0.25, 0.3) is 16.9 Å². The Morgan fingerprint density at radius 3 is 2.34 bits per heavy atom. The number of fused-ring (bicyclic) bond motifs is 1. The number of nitrogens with one attached hydrogen (secondary N) is 1. The smallest absolute Gasteiger partial charge is 0.296 e. The van der Waals surface area contributed by atoms with E-state index in [2.05, 4.69) is 20.3 Å². The molecule has 2 aromatic carbocycles. The summed E-state index contributed by atoms with van der Waals surface area (Å²) < 4.78 is 35.0. The minimum absolute atomic E-state index is 0.0217. The number of alkyl halides is 2. The van der Waals surface area contributed by atoms with Crippen molar-refractivity contribution in [1.82, 2.24) is 24.4 Å². The fraction of sp³-hybridized carbons (Fsp3) is 0.333. The van der Waals surface area contributed by atoms with Crippen molar-refractivity contribution < 1.29 is 18.3 Å². The van der Waals surface area contributed by atoms with Gasteiger partial charge in [0.15, 0.2) is 5.82 Å². The molecule has 0 unspecified atom stereocenters. The summed E-state index contributed by atoms with van der Waals surface area (Å²) >= 11 is 0. The highest BCUT2D eigenvalue weighted by molar-refractivity contribution is 5.94. The van der Waals surface area contributed by atoms with Gasteiger partial charge in [-0.15, -0.1) is 0 Å². The van der Waals surface area contributed by atoms with Crippen molar-refractivity contribution in [2.45, 2.75) is 19.3 Å². The summed E-state index contributed by atoms with van der Waals surface area (Å²) in [4.78, 5) is 30.1. The van der Waals surface area contributed by atoms with Gasteiger partial charge in [-0.1, -0.05) is 12.1 Å². The van der Waals surface area contributed by atoms with E-state index in [0.717, 1.165) is 25.9 Å². The van der Waals surface area contributed by atoms with E-state index >= 15 is 0 Å². The van der Waals surface area contributed by atoms with Crippen LogP contribution in [0.5, 0.6) is 0 Å². The number of nitrogens with zero attached hydrogens (tertiary/aromatic N) is 6. The second kappa shape index (κ2) is 10.3. The number of para-hydroxylation sites is 2. The first-order valence-electron chi connectivity index (χ1n) is 12.7. The van der Waals surface area contributed by atoms with E-state index in [1.165, 1.54) is 4.57 Å². The third kappa shape index (κ3) is 4.76. The summed E-state index contributed by atoms with van der Waals surface area (Å²) in [5.41, 5.74) is 2.29. The topological polar surface area (TPSA) is 88.4 Å². The molecule has 2 aliphatic rings. The molecule has 9 nitrogen and oxygen atoms in total. The lowest BCUT2D eigenvalue weighted by Crippen LogP contribution is -2.37. The first kappa shape index (κ1) is 24.2. The molecule has 0 bridgehead atoms. The molecular formula is C27H27F2N7O2. The molecule has 6 rings (SSSR count). The minimum atomic E-state index is -2.79. The van der Waals surface area contributed by atoms with Crippen molar-refractivity contribution in [3.8, 4) is 5.82 Å². The van der Waals surface area contributed by atoms with Crippen LogP contribution in [0.3, 0.4) is 0 Å². The highest BCUT2D eigenvalue weighted by Crippen LogP contribution is 2.30. The third-order valence-corrected chi connectivity index (χ3v) is 6.83. The first-order chi connectivity index (χ1) is 18.6. The summed E-state index contributed by atoms with van der Waals surface area (Å²) in [5.74, 6) is 0.774. The normalized spacial score (nSPS) is 16.0. The molecule has 11 heteroatoms. The van der Waals surface area contributed by atoms with Gasteiger partial charge in [-0.2, -0.15) is 9.97 Å². The highest BCUT2D eigenvalue weighted by atomic mass is 19.3. The lowest BCUT2D eigenvalue weighted by atomic mass is 10.2. The molecule has 4 aromatic rings. The van der Waals surface area contributed by atoms with Gasteiger partial charge in [-0.3, -0.25) is 9.36 Å². The number of morpholine rings is 1. The van der Waals surface area contributed by atoms with Gasteiger partial charge in [-0.25, -0.2) is 13.8 Å². The average molecular weight is 520 g/mol. The van der Waals surface area contributed by atoms with Gasteiger partial charge in [0.25, 0.3) is 12.3 Å². The van der Waals surface area contributed by atoms with Gasteiger partial charge in [0.05, 0.1) is 24.2 Å². The van der Waals surface area contributed by atoms with Gasteiger partial charge in [0.2, 0.25) is 5.95 Å². The molecule has 4 heterocycles. The zero-order chi connectivity index (χ0) is 26.1.